The highest BCUT2D eigenvalue weighted by Crippen LogP contribution is 2.60. The van der Waals surface area contributed by atoms with Crippen molar-refractivity contribution in [3.63, 3.8) is 0 Å². The molecule has 0 radical (unpaired) electrons. The lowest BCUT2D eigenvalue weighted by atomic mass is 9.60. The third-order valence-electron chi connectivity index (χ3n) is 8.94. The Morgan fingerprint density at radius 2 is 1.97 bits per heavy atom. The molecule has 0 aromatic rings. The van der Waals surface area contributed by atoms with E-state index in [-0.39, 0.29) is 18.0 Å². The Balaban J connectivity index is 1.46. The van der Waals surface area contributed by atoms with E-state index in [1.165, 1.54) is 25.7 Å². The minimum Gasteiger partial charge on any atom is -0.462 e. The van der Waals surface area contributed by atoms with Crippen molar-refractivity contribution in [3.05, 3.63) is 35.5 Å². The third kappa shape index (κ3) is 4.43. The van der Waals surface area contributed by atoms with Crippen LogP contribution in [0.1, 0.15) is 78.6 Å². The standard InChI is InChI=1S/C27H40O4/c1-16-14-24(28)25(29)15-20(16)8-7-19-6-5-11-27(4)22(9-10-23(19)27)17(2)12-21-13-18(3)26(30)31-21/h7-8,17-18,21-25,28-29H,1,5-6,9-15H2,2-4H3/b19-7?,20-8-/t17-,18?,21?,22-,23?,24?,25-,27-/m1/s1. The summed E-state index contributed by atoms with van der Waals surface area (Å²) < 4.78 is 5.62. The predicted molar refractivity (Wildman–Crippen MR) is 122 cm³/mol. The van der Waals surface area contributed by atoms with E-state index in [0.29, 0.717) is 36.0 Å². The monoisotopic (exact) mass is 428 g/mol. The van der Waals surface area contributed by atoms with Crippen LogP contribution in [0.5, 0.6) is 0 Å². The molecular formula is C27H40O4. The van der Waals surface area contributed by atoms with Gasteiger partial charge in [0.05, 0.1) is 18.1 Å². The van der Waals surface area contributed by atoms with Crippen molar-refractivity contribution in [2.75, 3.05) is 0 Å². The Kier molecular flexibility index (Phi) is 6.52. The molecule has 0 bridgehead atoms. The first-order valence-corrected chi connectivity index (χ1v) is 12.3. The van der Waals surface area contributed by atoms with Gasteiger partial charge >= 0.3 is 5.97 Å². The van der Waals surface area contributed by atoms with Crippen molar-refractivity contribution in [3.8, 4) is 0 Å². The van der Waals surface area contributed by atoms with Crippen LogP contribution >= 0.6 is 0 Å². The summed E-state index contributed by atoms with van der Waals surface area (Å²) in [4.78, 5) is 11.8. The molecule has 4 unspecified atom stereocenters. The summed E-state index contributed by atoms with van der Waals surface area (Å²) in [5, 5.41) is 19.9. The molecule has 4 heteroatoms. The molecular weight excluding hydrogens is 388 g/mol. The molecule has 3 aliphatic carbocycles. The summed E-state index contributed by atoms with van der Waals surface area (Å²) in [5.74, 6) is 1.87. The molecule has 172 valence electrons. The number of aliphatic hydroxyl groups is 2. The molecule has 0 aromatic heterocycles. The van der Waals surface area contributed by atoms with Crippen LogP contribution in [-0.4, -0.2) is 34.5 Å². The van der Waals surface area contributed by atoms with E-state index in [1.54, 1.807) is 5.57 Å². The van der Waals surface area contributed by atoms with Crippen LogP contribution in [0.3, 0.4) is 0 Å². The molecule has 31 heavy (non-hydrogen) atoms. The topological polar surface area (TPSA) is 66.8 Å². The van der Waals surface area contributed by atoms with Gasteiger partial charge < -0.3 is 14.9 Å². The molecule has 4 nitrogen and oxygen atoms in total. The molecule has 3 saturated carbocycles. The van der Waals surface area contributed by atoms with Crippen LogP contribution in [-0.2, 0) is 9.53 Å². The number of ether oxygens (including phenoxy) is 1. The normalized spacial score (nSPS) is 44.5. The smallest absolute Gasteiger partial charge is 0.309 e. The van der Waals surface area contributed by atoms with Gasteiger partial charge in [0, 0.05) is 12.8 Å². The number of allylic oxidation sites excluding steroid dienone is 3. The Hall–Kier alpha value is -1.39. The van der Waals surface area contributed by atoms with Crippen LogP contribution in [0.2, 0.25) is 0 Å². The van der Waals surface area contributed by atoms with Crippen LogP contribution in [0, 0.1) is 29.1 Å². The fourth-order valence-electron chi connectivity index (χ4n) is 7.18. The van der Waals surface area contributed by atoms with Gasteiger partial charge in [-0.1, -0.05) is 45.1 Å². The van der Waals surface area contributed by atoms with Gasteiger partial charge in [-0.3, -0.25) is 4.79 Å². The molecule has 8 atom stereocenters. The molecule has 4 fully saturated rings. The number of hydrogen-bond acceptors (Lipinski definition) is 4. The fourth-order valence-corrected chi connectivity index (χ4v) is 7.18. The Morgan fingerprint density at radius 1 is 1.23 bits per heavy atom. The Bertz CT molecular complexity index is 780. The number of rotatable bonds is 4. The SMILES string of the molecule is C=C1CC(O)[C@H](O)C/C1=C/C=C1CCC[C@@]2(C)C1CC[C@@H]2[C@H](C)CC1CC(C)C(=O)O1. The molecule has 0 aromatic carbocycles. The molecule has 4 aliphatic rings. The average molecular weight is 429 g/mol. The summed E-state index contributed by atoms with van der Waals surface area (Å²) in [5.41, 5.74) is 3.89. The number of fused-ring (bicyclic) bond motifs is 1. The lowest BCUT2D eigenvalue weighted by Gasteiger charge is -2.44. The van der Waals surface area contributed by atoms with Gasteiger partial charge in [-0.2, -0.15) is 0 Å². The zero-order chi connectivity index (χ0) is 22.3. The summed E-state index contributed by atoms with van der Waals surface area (Å²) in [6.07, 6.45) is 12.2. The van der Waals surface area contributed by atoms with E-state index in [9.17, 15) is 15.0 Å². The van der Waals surface area contributed by atoms with Crippen molar-refractivity contribution in [2.24, 2.45) is 29.1 Å². The van der Waals surface area contributed by atoms with Gasteiger partial charge in [0.2, 0.25) is 0 Å². The fraction of sp³-hybridized carbons (Fsp3) is 0.741. The molecule has 4 rings (SSSR count). The van der Waals surface area contributed by atoms with Crippen molar-refractivity contribution in [1.82, 2.24) is 0 Å². The zero-order valence-corrected chi connectivity index (χ0v) is 19.5. The van der Waals surface area contributed by atoms with E-state index in [4.69, 9.17) is 4.74 Å². The number of carbonyl (C=O) groups excluding carboxylic acids is 1. The van der Waals surface area contributed by atoms with Crippen molar-refractivity contribution in [1.29, 1.82) is 0 Å². The highest BCUT2D eigenvalue weighted by atomic mass is 16.5. The number of aliphatic hydroxyl groups excluding tert-OH is 2. The van der Waals surface area contributed by atoms with Crippen LogP contribution in [0.15, 0.2) is 35.5 Å². The van der Waals surface area contributed by atoms with E-state index in [0.717, 1.165) is 30.4 Å². The van der Waals surface area contributed by atoms with E-state index >= 15 is 0 Å². The maximum Gasteiger partial charge on any atom is 0.309 e. The molecule has 1 saturated heterocycles. The number of carbonyl (C=O) groups is 1. The molecule has 0 amide bonds. The highest BCUT2D eigenvalue weighted by molar-refractivity contribution is 5.74. The minimum absolute atomic E-state index is 0.0226. The quantitative estimate of drug-likeness (QED) is 0.611. The maximum absolute atomic E-state index is 11.8. The number of cyclic esters (lactones) is 1. The van der Waals surface area contributed by atoms with Gasteiger partial charge in [-0.15, -0.1) is 0 Å². The lowest BCUT2D eigenvalue weighted by Crippen LogP contribution is -2.36. The second-order valence-corrected chi connectivity index (χ2v) is 11.1. The first-order valence-electron chi connectivity index (χ1n) is 12.3. The summed E-state index contributed by atoms with van der Waals surface area (Å²) in [7, 11) is 0. The second kappa shape index (κ2) is 8.86. The van der Waals surface area contributed by atoms with Crippen LogP contribution in [0.25, 0.3) is 0 Å². The van der Waals surface area contributed by atoms with Crippen LogP contribution in [0.4, 0.5) is 0 Å². The zero-order valence-electron chi connectivity index (χ0n) is 19.5. The number of hydrogen-bond donors (Lipinski definition) is 2. The third-order valence-corrected chi connectivity index (χ3v) is 8.94. The van der Waals surface area contributed by atoms with Crippen molar-refractivity contribution in [2.45, 2.75) is 96.9 Å². The summed E-state index contributed by atoms with van der Waals surface area (Å²) in [6, 6.07) is 0. The second-order valence-electron chi connectivity index (χ2n) is 11.1. The summed E-state index contributed by atoms with van der Waals surface area (Å²) >= 11 is 0. The average Bonchev–Trinajstić information content (AvgIpc) is 3.22. The Labute approximate surface area is 187 Å². The maximum atomic E-state index is 11.8. The first kappa shape index (κ1) is 22.8. The predicted octanol–water partition coefficient (Wildman–Crippen LogP) is 5.11. The molecule has 0 spiro atoms. The van der Waals surface area contributed by atoms with Crippen LogP contribution < -0.4 is 0 Å². The van der Waals surface area contributed by atoms with Gasteiger partial charge in [-0.25, -0.2) is 0 Å². The molecule has 1 aliphatic heterocycles. The van der Waals surface area contributed by atoms with E-state index < -0.39 is 12.2 Å². The van der Waals surface area contributed by atoms with E-state index in [1.807, 2.05) is 6.92 Å². The van der Waals surface area contributed by atoms with E-state index in [2.05, 4.69) is 32.6 Å². The van der Waals surface area contributed by atoms with Gasteiger partial charge in [0.1, 0.15) is 6.10 Å². The van der Waals surface area contributed by atoms with Crippen molar-refractivity contribution < 1.29 is 19.7 Å². The van der Waals surface area contributed by atoms with Gasteiger partial charge in [0.15, 0.2) is 0 Å². The highest BCUT2D eigenvalue weighted by Gasteiger charge is 2.51. The Morgan fingerprint density at radius 3 is 2.68 bits per heavy atom. The van der Waals surface area contributed by atoms with Crippen molar-refractivity contribution >= 4 is 5.97 Å². The van der Waals surface area contributed by atoms with Gasteiger partial charge in [0.25, 0.3) is 0 Å². The minimum atomic E-state index is -0.686. The largest absolute Gasteiger partial charge is 0.462 e. The van der Waals surface area contributed by atoms with Gasteiger partial charge in [-0.05, 0) is 79.3 Å². The number of esters is 1. The molecule has 2 N–H and O–H groups in total. The summed E-state index contributed by atoms with van der Waals surface area (Å²) in [6.45, 7) is 11.0. The first-order chi connectivity index (χ1) is 14.7. The molecule has 1 heterocycles. The lowest BCUT2D eigenvalue weighted by molar-refractivity contribution is -0.144.